The molecule has 4 rings (SSSR count). The van der Waals surface area contributed by atoms with Crippen molar-refractivity contribution in [1.29, 1.82) is 0 Å². The van der Waals surface area contributed by atoms with Gasteiger partial charge in [-0.3, -0.25) is 14.5 Å². The monoisotopic (exact) mass is 436 g/mol. The van der Waals surface area contributed by atoms with E-state index >= 15 is 0 Å². The van der Waals surface area contributed by atoms with Crippen molar-refractivity contribution in [2.45, 2.75) is 32.7 Å². The van der Waals surface area contributed by atoms with Gasteiger partial charge in [-0.1, -0.05) is 0 Å². The van der Waals surface area contributed by atoms with Crippen LogP contribution in [0, 0.1) is 5.82 Å². The number of phenolic OH excluding ortho intramolecular Hbond substituents is 1. The Morgan fingerprint density at radius 3 is 2.72 bits per heavy atom. The third-order valence-corrected chi connectivity index (χ3v) is 4.57. The van der Waals surface area contributed by atoms with E-state index in [1.165, 1.54) is 30.9 Å². The molecule has 1 aromatic carbocycles. The van der Waals surface area contributed by atoms with Crippen molar-refractivity contribution in [1.82, 2.24) is 24.7 Å². The summed E-state index contributed by atoms with van der Waals surface area (Å²) in [6, 6.07) is 5.69. The molecule has 0 unspecified atom stereocenters. The van der Waals surface area contributed by atoms with Crippen LogP contribution in [0.2, 0.25) is 0 Å². The van der Waals surface area contributed by atoms with E-state index in [4.69, 9.17) is 4.74 Å². The van der Waals surface area contributed by atoms with E-state index in [9.17, 15) is 14.3 Å². The molecule has 0 fully saturated rings. The molecule has 0 bridgehead atoms. The molecule has 0 saturated carbocycles. The number of pyridine rings is 1. The molecule has 10 heteroatoms. The lowest BCUT2D eigenvalue weighted by atomic mass is 10.1. The van der Waals surface area contributed by atoms with E-state index in [0.717, 1.165) is 6.07 Å². The second-order valence-corrected chi connectivity index (χ2v) is 8.15. The Morgan fingerprint density at radius 2 is 2.00 bits per heavy atom. The maximum absolute atomic E-state index is 14.6. The fourth-order valence-corrected chi connectivity index (χ4v) is 2.96. The average molecular weight is 436 g/mol. The fraction of sp³-hybridized carbons (Fsp3) is 0.227. The van der Waals surface area contributed by atoms with E-state index in [1.54, 1.807) is 16.9 Å². The van der Waals surface area contributed by atoms with Gasteiger partial charge in [0.2, 0.25) is 11.8 Å². The summed E-state index contributed by atoms with van der Waals surface area (Å²) in [5, 5.41) is 17.1. The van der Waals surface area contributed by atoms with Crippen LogP contribution >= 0.6 is 0 Å². The number of carbonyl (C=O) groups excluding carboxylic acids is 1. The van der Waals surface area contributed by atoms with Crippen LogP contribution in [0.15, 0.2) is 49.2 Å². The van der Waals surface area contributed by atoms with Crippen LogP contribution in [0.1, 0.15) is 26.5 Å². The molecule has 0 atom stereocenters. The van der Waals surface area contributed by atoms with Gasteiger partial charge in [-0.2, -0.15) is 5.10 Å². The predicted molar refractivity (Wildman–Crippen MR) is 115 cm³/mol. The van der Waals surface area contributed by atoms with Crippen molar-refractivity contribution in [2.24, 2.45) is 0 Å². The highest BCUT2D eigenvalue weighted by Gasteiger charge is 2.17. The number of ether oxygens (including phenoxy) is 1. The maximum Gasteiger partial charge on any atom is 0.230 e. The lowest BCUT2D eigenvalue weighted by molar-refractivity contribution is -0.115. The summed E-state index contributed by atoms with van der Waals surface area (Å²) in [5.74, 6) is -0.842. The van der Waals surface area contributed by atoms with E-state index in [2.05, 4.69) is 25.4 Å². The predicted octanol–water partition coefficient (Wildman–Crippen LogP) is 3.79. The molecular weight excluding hydrogens is 415 g/mol. The Hall–Kier alpha value is -4.08. The Kier molecular flexibility index (Phi) is 5.43. The number of amides is 1. The quantitative estimate of drug-likeness (QED) is 0.489. The first-order chi connectivity index (χ1) is 15.2. The van der Waals surface area contributed by atoms with Gasteiger partial charge >= 0.3 is 0 Å². The van der Waals surface area contributed by atoms with Gasteiger partial charge in [-0.05, 0) is 39.0 Å². The molecule has 0 radical (unpaired) electrons. The summed E-state index contributed by atoms with van der Waals surface area (Å²) in [4.78, 5) is 24.5. The zero-order chi connectivity index (χ0) is 22.9. The van der Waals surface area contributed by atoms with Gasteiger partial charge in [-0.25, -0.2) is 14.4 Å². The van der Waals surface area contributed by atoms with Crippen molar-refractivity contribution in [3.05, 3.63) is 60.7 Å². The second kappa shape index (κ2) is 8.22. The number of hydrogen-bond donors (Lipinski definition) is 2. The molecule has 1 amide bonds. The molecule has 2 N–H and O–H groups in total. The first-order valence-corrected chi connectivity index (χ1v) is 9.80. The number of phenols is 1. The largest absolute Gasteiger partial charge is 0.508 e. The Balaban J connectivity index is 1.46. The highest BCUT2D eigenvalue weighted by Crippen LogP contribution is 2.29. The van der Waals surface area contributed by atoms with Crippen LogP contribution in [-0.2, 0) is 16.8 Å². The number of benzene rings is 1. The van der Waals surface area contributed by atoms with Crippen molar-refractivity contribution in [3.63, 3.8) is 0 Å². The van der Waals surface area contributed by atoms with Crippen LogP contribution in [-0.4, -0.2) is 35.7 Å². The third-order valence-electron chi connectivity index (χ3n) is 4.57. The van der Waals surface area contributed by atoms with Crippen molar-refractivity contribution in [3.8, 4) is 17.4 Å². The molecule has 0 aliphatic rings. The Labute approximate surface area is 182 Å². The van der Waals surface area contributed by atoms with Crippen LogP contribution in [0.5, 0.6) is 17.4 Å². The van der Waals surface area contributed by atoms with E-state index in [0.29, 0.717) is 16.6 Å². The van der Waals surface area contributed by atoms with Gasteiger partial charge < -0.3 is 15.2 Å². The molecule has 4 aromatic rings. The number of carbonyl (C=O) groups is 1. The summed E-state index contributed by atoms with van der Waals surface area (Å²) in [7, 11) is 0. The number of anilines is 1. The highest BCUT2D eigenvalue weighted by atomic mass is 19.1. The number of nitrogens with one attached hydrogen (secondary N) is 1. The maximum atomic E-state index is 14.6. The Morgan fingerprint density at radius 1 is 1.19 bits per heavy atom. The molecule has 0 aliphatic heterocycles. The van der Waals surface area contributed by atoms with E-state index in [1.807, 2.05) is 20.8 Å². The zero-order valence-electron chi connectivity index (χ0n) is 17.7. The number of hydrogen-bond acceptors (Lipinski definition) is 7. The highest BCUT2D eigenvalue weighted by molar-refractivity contribution is 5.91. The first kappa shape index (κ1) is 21.2. The van der Waals surface area contributed by atoms with Gasteiger partial charge in [-0.15, -0.1) is 0 Å². The van der Waals surface area contributed by atoms with Crippen LogP contribution in [0.4, 0.5) is 10.1 Å². The van der Waals surface area contributed by atoms with Crippen LogP contribution in [0.3, 0.4) is 0 Å². The Bertz CT molecular complexity index is 1300. The van der Waals surface area contributed by atoms with E-state index in [-0.39, 0.29) is 35.0 Å². The molecule has 9 nitrogen and oxygen atoms in total. The third kappa shape index (κ3) is 4.64. The van der Waals surface area contributed by atoms with Gasteiger partial charge in [0.15, 0.2) is 5.75 Å². The molecule has 164 valence electrons. The van der Waals surface area contributed by atoms with E-state index < -0.39 is 11.7 Å². The number of rotatable bonds is 5. The fourth-order valence-electron chi connectivity index (χ4n) is 2.96. The summed E-state index contributed by atoms with van der Waals surface area (Å²) >= 11 is 0. The lowest BCUT2D eigenvalue weighted by Crippen LogP contribution is -2.22. The minimum Gasteiger partial charge on any atom is -0.508 e. The number of aromatic hydroxyl groups is 1. The summed E-state index contributed by atoms with van der Waals surface area (Å²) < 4.78 is 21.9. The number of halogens is 1. The van der Waals surface area contributed by atoms with Crippen LogP contribution in [0.25, 0.3) is 10.9 Å². The van der Waals surface area contributed by atoms with Gasteiger partial charge in [0, 0.05) is 12.3 Å². The minimum absolute atomic E-state index is 0.0239. The molecule has 0 spiro atoms. The SMILES string of the molecule is CC(C)(C)n1cc(NC(=O)Cc2ncc(Oc3ncnc4ccc(O)cc34)cc2F)cn1. The minimum atomic E-state index is -0.691. The van der Waals surface area contributed by atoms with Gasteiger partial charge in [0.1, 0.15) is 17.9 Å². The van der Waals surface area contributed by atoms with Gasteiger partial charge in [0.05, 0.1) is 46.6 Å². The molecule has 3 aromatic heterocycles. The summed E-state index contributed by atoms with van der Waals surface area (Å²) in [6.07, 6.45) is 5.60. The second-order valence-electron chi connectivity index (χ2n) is 8.15. The van der Waals surface area contributed by atoms with Gasteiger partial charge in [0.25, 0.3) is 0 Å². The molecular formula is C22H21FN6O3. The summed E-state index contributed by atoms with van der Waals surface area (Å²) in [6.45, 7) is 5.96. The summed E-state index contributed by atoms with van der Waals surface area (Å²) in [5.41, 5.74) is 0.831. The molecule has 0 saturated heterocycles. The number of fused-ring (bicyclic) bond motifs is 1. The van der Waals surface area contributed by atoms with Crippen molar-refractivity contribution in [2.75, 3.05) is 5.32 Å². The van der Waals surface area contributed by atoms with Crippen molar-refractivity contribution >= 4 is 22.5 Å². The molecule has 3 heterocycles. The molecule has 32 heavy (non-hydrogen) atoms. The van der Waals surface area contributed by atoms with Crippen LogP contribution < -0.4 is 10.1 Å². The number of nitrogens with zero attached hydrogens (tertiary/aromatic N) is 5. The standard InChI is InChI=1S/C22H21FN6O3/c1-22(2,3)29-11-13(9-27-29)28-20(31)8-19-17(23)7-15(10-24-19)32-21-16-6-14(30)4-5-18(16)25-12-26-21/h4-7,9-12,30H,8H2,1-3H3,(H,28,31). The number of aromatic nitrogens is 5. The zero-order valence-corrected chi connectivity index (χ0v) is 17.7. The van der Waals surface area contributed by atoms with Crippen molar-refractivity contribution < 1.29 is 19.0 Å². The normalized spacial score (nSPS) is 11.5. The first-order valence-electron chi connectivity index (χ1n) is 9.80. The topological polar surface area (TPSA) is 115 Å². The molecule has 0 aliphatic carbocycles. The smallest absolute Gasteiger partial charge is 0.230 e. The average Bonchev–Trinajstić information content (AvgIpc) is 3.19. The lowest BCUT2D eigenvalue weighted by Gasteiger charge is -2.18.